The summed E-state index contributed by atoms with van der Waals surface area (Å²) < 4.78 is 0. The molecule has 0 aliphatic rings. The van der Waals surface area contributed by atoms with Crippen LogP contribution in [0.1, 0.15) is 21.5 Å². The second-order valence-electron chi connectivity index (χ2n) is 5.52. The van der Waals surface area contributed by atoms with Gasteiger partial charge in [0, 0.05) is 10.6 Å². The molecule has 2 rings (SSSR count). The van der Waals surface area contributed by atoms with E-state index < -0.39 is 5.91 Å². The van der Waals surface area contributed by atoms with E-state index in [9.17, 15) is 9.59 Å². The van der Waals surface area contributed by atoms with Gasteiger partial charge < -0.3 is 5.32 Å². The minimum Gasteiger partial charge on any atom is -0.376 e. The van der Waals surface area contributed by atoms with E-state index in [0.29, 0.717) is 10.6 Å². The molecule has 0 heterocycles. The van der Waals surface area contributed by atoms with Crippen molar-refractivity contribution in [3.63, 3.8) is 0 Å². The number of nitrogens with one attached hydrogen (secondary N) is 3. The van der Waals surface area contributed by atoms with Crippen LogP contribution in [-0.4, -0.2) is 24.6 Å². The molecule has 0 aliphatic heterocycles. The average molecular weight is 378 g/mol. The molecule has 0 saturated heterocycles. The summed E-state index contributed by atoms with van der Waals surface area (Å²) in [7, 11) is 0. The van der Waals surface area contributed by atoms with Crippen molar-refractivity contribution in [2.75, 3.05) is 18.1 Å². The highest BCUT2D eigenvalue weighted by Gasteiger charge is 2.12. The second-order valence-corrected chi connectivity index (χ2v) is 6.81. The first-order chi connectivity index (χ1) is 11.9. The fourth-order valence-corrected chi connectivity index (χ4v) is 2.87. The second kappa shape index (κ2) is 8.78. The van der Waals surface area contributed by atoms with E-state index in [4.69, 9.17) is 11.6 Å². The molecule has 0 spiro atoms. The quantitative estimate of drug-likeness (QED) is 0.550. The van der Waals surface area contributed by atoms with Gasteiger partial charge in [-0.1, -0.05) is 29.3 Å². The van der Waals surface area contributed by atoms with Crippen molar-refractivity contribution >= 4 is 40.9 Å². The standard InChI is InChI=1S/C18H20ClN3O2S/c1-11-4-7-16(12(2)8-11)20-10-17(23)21-22-18(24)14-9-13(25-3)5-6-15(14)19/h4-9,20H,10H2,1-3H3,(H,21,23)(H,22,24). The number of carbonyl (C=O) groups excluding carboxylic acids is 2. The number of carbonyl (C=O) groups is 2. The molecule has 132 valence electrons. The highest BCUT2D eigenvalue weighted by Crippen LogP contribution is 2.22. The molecule has 0 fully saturated rings. The van der Waals surface area contributed by atoms with Gasteiger partial charge in [-0.3, -0.25) is 20.4 Å². The lowest BCUT2D eigenvalue weighted by atomic mass is 10.1. The predicted octanol–water partition coefficient (Wildman–Crippen LogP) is 3.55. The Hall–Kier alpha value is -2.18. The van der Waals surface area contributed by atoms with Crippen LogP contribution in [0, 0.1) is 13.8 Å². The molecule has 0 atom stereocenters. The number of anilines is 1. The molecule has 0 aromatic heterocycles. The number of aryl methyl sites for hydroxylation is 2. The average Bonchev–Trinajstić information content (AvgIpc) is 2.59. The van der Waals surface area contributed by atoms with Crippen molar-refractivity contribution in [3.05, 3.63) is 58.1 Å². The zero-order valence-electron chi connectivity index (χ0n) is 14.3. The topological polar surface area (TPSA) is 70.2 Å². The van der Waals surface area contributed by atoms with Crippen molar-refractivity contribution < 1.29 is 9.59 Å². The minimum atomic E-state index is -0.458. The third-order valence-corrected chi connectivity index (χ3v) is 4.61. The Morgan fingerprint density at radius 3 is 2.52 bits per heavy atom. The molecule has 0 unspecified atom stereocenters. The van der Waals surface area contributed by atoms with E-state index in [0.717, 1.165) is 21.7 Å². The predicted molar refractivity (Wildman–Crippen MR) is 103 cm³/mol. The van der Waals surface area contributed by atoms with Crippen LogP contribution in [0.5, 0.6) is 0 Å². The minimum absolute atomic E-state index is 0.0444. The first kappa shape index (κ1) is 19.1. The van der Waals surface area contributed by atoms with Crippen LogP contribution in [0.4, 0.5) is 5.69 Å². The number of hydrazine groups is 1. The van der Waals surface area contributed by atoms with Crippen LogP contribution < -0.4 is 16.2 Å². The van der Waals surface area contributed by atoms with Crippen molar-refractivity contribution in [2.24, 2.45) is 0 Å². The Labute approximate surface area is 156 Å². The van der Waals surface area contributed by atoms with Gasteiger partial charge in [0.2, 0.25) is 0 Å². The number of thioether (sulfide) groups is 1. The first-order valence-electron chi connectivity index (χ1n) is 7.64. The fourth-order valence-electron chi connectivity index (χ4n) is 2.23. The summed E-state index contributed by atoms with van der Waals surface area (Å²) in [5.41, 5.74) is 8.16. The third kappa shape index (κ3) is 5.41. The molecule has 5 nitrogen and oxygen atoms in total. The third-order valence-electron chi connectivity index (χ3n) is 3.55. The lowest BCUT2D eigenvalue weighted by Gasteiger charge is -2.12. The molecule has 3 N–H and O–H groups in total. The number of halogens is 1. The van der Waals surface area contributed by atoms with Gasteiger partial charge >= 0.3 is 0 Å². The van der Waals surface area contributed by atoms with E-state index in [1.54, 1.807) is 12.1 Å². The highest BCUT2D eigenvalue weighted by molar-refractivity contribution is 7.98. The Balaban J connectivity index is 1.88. The van der Waals surface area contributed by atoms with Gasteiger partial charge in [0.15, 0.2) is 0 Å². The van der Waals surface area contributed by atoms with Crippen LogP contribution >= 0.6 is 23.4 Å². The molecule has 25 heavy (non-hydrogen) atoms. The molecule has 7 heteroatoms. The van der Waals surface area contributed by atoms with Crippen molar-refractivity contribution in [1.29, 1.82) is 0 Å². The van der Waals surface area contributed by atoms with Crippen molar-refractivity contribution in [1.82, 2.24) is 10.9 Å². The van der Waals surface area contributed by atoms with Crippen LogP contribution in [0.25, 0.3) is 0 Å². The number of hydrogen-bond donors (Lipinski definition) is 3. The van der Waals surface area contributed by atoms with Gasteiger partial charge in [-0.15, -0.1) is 11.8 Å². The van der Waals surface area contributed by atoms with Gasteiger partial charge in [-0.25, -0.2) is 0 Å². The Morgan fingerprint density at radius 2 is 1.84 bits per heavy atom. The van der Waals surface area contributed by atoms with Gasteiger partial charge in [-0.2, -0.15) is 0 Å². The zero-order chi connectivity index (χ0) is 18.4. The maximum atomic E-state index is 12.2. The van der Waals surface area contributed by atoms with E-state index in [1.165, 1.54) is 11.8 Å². The summed E-state index contributed by atoms with van der Waals surface area (Å²) >= 11 is 7.55. The van der Waals surface area contributed by atoms with Gasteiger partial charge in [0.1, 0.15) is 0 Å². The van der Waals surface area contributed by atoms with Crippen LogP contribution in [0.15, 0.2) is 41.3 Å². The van der Waals surface area contributed by atoms with Gasteiger partial charge in [-0.05, 0) is 49.9 Å². The highest BCUT2D eigenvalue weighted by atomic mass is 35.5. The lowest BCUT2D eigenvalue weighted by Crippen LogP contribution is -2.44. The summed E-state index contributed by atoms with van der Waals surface area (Å²) in [6, 6.07) is 11.1. The first-order valence-corrected chi connectivity index (χ1v) is 9.25. The smallest absolute Gasteiger partial charge is 0.271 e. The molecule has 2 amide bonds. The zero-order valence-corrected chi connectivity index (χ0v) is 15.8. The molecular formula is C18H20ClN3O2S. The number of rotatable bonds is 5. The van der Waals surface area contributed by atoms with Crippen molar-refractivity contribution in [3.8, 4) is 0 Å². The van der Waals surface area contributed by atoms with Crippen LogP contribution in [0.3, 0.4) is 0 Å². The number of amides is 2. The normalized spacial score (nSPS) is 10.2. The SMILES string of the molecule is CSc1ccc(Cl)c(C(=O)NNC(=O)CNc2ccc(C)cc2C)c1. The molecule has 0 aliphatic carbocycles. The van der Waals surface area contributed by atoms with Gasteiger partial charge in [0.25, 0.3) is 11.8 Å². The van der Waals surface area contributed by atoms with E-state index in [1.807, 2.05) is 44.4 Å². The Kier molecular flexibility index (Phi) is 6.73. The van der Waals surface area contributed by atoms with Crippen LogP contribution in [0.2, 0.25) is 5.02 Å². The number of benzene rings is 2. The molecule has 0 radical (unpaired) electrons. The van der Waals surface area contributed by atoms with E-state index >= 15 is 0 Å². The maximum Gasteiger partial charge on any atom is 0.271 e. The van der Waals surface area contributed by atoms with E-state index in [-0.39, 0.29) is 12.5 Å². The fraction of sp³-hybridized carbons (Fsp3) is 0.222. The largest absolute Gasteiger partial charge is 0.376 e. The molecule has 0 bridgehead atoms. The summed E-state index contributed by atoms with van der Waals surface area (Å²) in [5.74, 6) is -0.814. The summed E-state index contributed by atoms with van der Waals surface area (Å²) in [6.45, 7) is 4.02. The van der Waals surface area contributed by atoms with Gasteiger partial charge in [0.05, 0.1) is 17.1 Å². The van der Waals surface area contributed by atoms with E-state index in [2.05, 4.69) is 16.2 Å². The Morgan fingerprint density at radius 1 is 1.08 bits per heavy atom. The summed E-state index contributed by atoms with van der Waals surface area (Å²) in [6.07, 6.45) is 1.91. The molecule has 2 aromatic carbocycles. The molecular weight excluding hydrogens is 358 g/mol. The van der Waals surface area contributed by atoms with Crippen molar-refractivity contribution in [2.45, 2.75) is 18.7 Å². The summed E-state index contributed by atoms with van der Waals surface area (Å²) in [5, 5.41) is 3.37. The molecule has 0 saturated carbocycles. The Bertz CT molecular complexity index is 796. The number of hydrogen-bond acceptors (Lipinski definition) is 4. The monoisotopic (exact) mass is 377 g/mol. The lowest BCUT2D eigenvalue weighted by molar-refractivity contribution is -0.120. The molecule has 2 aromatic rings. The van der Waals surface area contributed by atoms with Crippen LogP contribution in [-0.2, 0) is 4.79 Å². The maximum absolute atomic E-state index is 12.2. The summed E-state index contributed by atoms with van der Waals surface area (Å²) in [4.78, 5) is 25.0.